The van der Waals surface area contributed by atoms with Crippen LogP contribution in [0.1, 0.15) is 0 Å². The van der Waals surface area contributed by atoms with Gasteiger partial charge in [-0.2, -0.15) is 0 Å². The Balaban J connectivity index is 3.78. The Hall–Kier alpha value is -1.40. The van der Waals surface area contributed by atoms with Crippen molar-refractivity contribution in [2.45, 2.75) is 6.29 Å². The van der Waals surface area contributed by atoms with Gasteiger partial charge in [0.1, 0.15) is 0 Å². The lowest BCUT2D eigenvalue weighted by molar-refractivity contribution is -0.131. The number of hydrogen-bond acceptors (Lipinski definition) is 4. The van der Waals surface area contributed by atoms with Gasteiger partial charge in [0.25, 0.3) is 0 Å². The number of rotatable bonds is 6. The molecule has 80 valence electrons. The molecule has 14 heavy (non-hydrogen) atoms. The quantitative estimate of drug-likeness (QED) is 0.443. The number of methoxy groups -OCH3 is 2. The van der Waals surface area contributed by atoms with Crippen LogP contribution < -0.4 is 5.32 Å². The first-order chi connectivity index (χ1) is 6.60. The predicted molar refractivity (Wildman–Crippen MR) is 47.6 cm³/mol. The highest BCUT2D eigenvalue weighted by Gasteiger charge is 2.05. The number of carboxylic acids is 1. The maximum absolute atomic E-state index is 10.9. The Morgan fingerprint density at radius 2 is 1.93 bits per heavy atom. The summed E-state index contributed by atoms with van der Waals surface area (Å²) >= 11 is 0. The number of hydrogen-bond donors (Lipinski definition) is 2. The Labute approximate surface area is 81.5 Å². The summed E-state index contributed by atoms with van der Waals surface area (Å²) in [5, 5.41) is 10.6. The molecule has 1 amide bonds. The molecule has 6 nitrogen and oxygen atoms in total. The van der Waals surface area contributed by atoms with Crippen LogP contribution in [0.5, 0.6) is 0 Å². The molecule has 0 saturated carbocycles. The van der Waals surface area contributed by atoms with Gasteiger partial charge in [0.15, 0.2) is 6.29 Å². The normalized spacial score (nSPS) is 10.8. The zero-order valence-electron chi connectivity index (χ0n) is 8.02. The summed E-state index contributed by atoms with van der Waals surface area (Å²) in [5.41, 5.74) is 0. The van der Waals surface area contributed by atoms with E-state index in [1.165, 1.54) is 14.2 Å². The first-order valence-corrected chi connectivity index (χ1v) is 3.84. The molecule has 0 aliphatic heterocycles. The number of amides is 1. The zero-order chi connectivity index (χ0) is 11.0. The van der Waals surface area contributed by atoms with E-state index < -0.39 is 18.2 Å². The largest absolute Gasteiger partial charge is 0.478 e. The Bertz CT molecular complexity index is 222. The molecule has 0 spiro atoms. The van der Waals surface area contributed by atoms with Gasteiger partial charge in [0.2, 0.25) is 5.91 Å². The first-order valence-electron chi connectivity index (χ1n) is 3.84. The lowest BCUT2D eigenvalue weighted by Gasteiger charge is -2.12. The van der Waals surface area contributed by atoms with Crippen LogP contribution in [-0.2, 0) is 19.1 Å². The second kappa shape index (κ2) is 7.05. The van der Waals surface area contributed by atoms with Crippen LogP contribution in [0.25, 0.3) is 0 Å². The third-order valence-corrected chi connectivity index (χ3v) is 1.35. The van der Waals surface area contributed by atoms with Crippen LogP contribution >= 0.6 is 0 Å². The van der Waals surface area contributed by atoms with E-state index in [0.717, 1.165) is 12.2 Å². The van der Waals surface area contributed by atoms with Gasteiger partial charge in [-0.15, -0.1) is 0 Å². The van der Waals surface area contributed by atoms with Crippen molar-refractivity contribution in [3.63, 3.8) is 0 Å². The van der Waals surface area contributed by atoms with Gasteiger partial charge in [-0.25, -0.2) is 4.79 Å². The first kappa shape index (κ1) is 12.6. The molecule has 0 heterocycles. The highest BCUT2D eigenvalue weighted by Crippen LogP contribution is 1.87. The fraction of sp³-hybridized carbons (Fsp3) is 0.500. The van der Waals surface area contributed by atoms with E-state index >= 15 is 0 Å². The van der Waals surface area contributed by atoms with E-state index in [1.807, 2.05) is 0 Å². The summed E-state index contributed by atoms with van der Waals surface area (Å²) in [6.07, 6.45) is 1.14. The molecular weight excluding hydrogens is 190 g/mol. The molecule has 0 aliphatic rings. The Morgan fingerprint density at radius 3 is 2.36 bits per heavy atom. The van der Waals surface area contributed by atoms with E-state index in [9.17, 15) is 9.59 Å². The van der Waals surface area contributed by atoms with Crippen molar-refractivity contribution < 1.29 is 24.2 Å². The average molecular weight is 203 g/mol. The van der Waals surface area contributed by atoms with Crippen molar-refractivity contribution in [2.75, 3.05) is 20.8 Å². The summed E-state index contributed by atoms with van der Waals surface area (Å²) in [5.74, 6) is -1.68. The molecule has 0 aromatic carbocycles. The molecule has 0 aromatic rings. The molecule has 0 aliphatic carbocycles. The van der Waals surface area contributed by atoms with Gasteiger partial charge >= 0.3 is 5.97 Å². The number of aliphatic carboxylic acids is 1. The zero-order valence-corrected chi connectivity index (χ0v) is 8.02. The van der Waals surface area contributed by atoms with Crippen LogP contribution in [0.4, 0.5) is 0 Å². The Morgan fingerprint density at radius 1 is 1.36 bits per heavy atom. The van der Waals surface area contributed by atoms with Crippen LogP contribution in [-0.4, -0.2) is 44.0 Å². The van der Waals surface area contributed by atoms with E-state index in [2.05, 4.69) is 5.32 Å². The van der Waals surface area contributed by atoms with E-state index in [0.29, 0.717) is 0 Å². The van der Waals surface area contributed by atoms with E-state index in [-0.39, 0.29) is 6.54 Å². The highest BCUT2D eigenvalue weighted by molar-refractivity contribution is 5.93. The summed E-state index contributed by atoms with van der Waals surface area (Å²) in [6, 6.07) is 0. The second-order valence-electron chi connectivity index (χ2n) is 2.32. The van der Waals surface area contributed by atoms with Gasteiger partial charge in [0.05, 0.1) is 6.54 Å². The summed E-state index contributed by atoms with van der Waals surface area (Å²) in [7, 11) is 2.88. The molecule has 6 heteroatoms. The lowest BCUT2D eigenvalue weighted by atomic mass is 10.4. The molecule has 0 atom stereocenters. The number of nitrogens with one attached hydrogen (secondary N) is 1. The summed E-state index contributed by atoms with van der Waals surface area (Å²) < 4.78 is 9.60. The minimum absolute atomic E-state index is 0.162. The van der Waals surface area contributed by atoms with Crippen LogP contribution in [0, 0.1) is 0 Å². The molecule has 0 unspecified atom stereocenters. The van der Waals surface area contributed by atoms with E-state index in [1.54, 1.807) is 0 Å². The van der Waals surface area contributed by atoms with Crippen molar-refractivity contribution in [1.29, 1.82) is 0 Å². The predicted octanol–water partition coefficient (Wildman–Crippen LogP) is -0.638. The molecule has 0 bridgehead atoms. The van der Waals surface area contributed by atoms with Crippen LogP contribution in [0.3, 0.4) is 0 Å². The standard InChI is InChI=1S/C8H13NO5/c1-13-8(14-2)5-9-6(10)3-4-7(11)12/h3-4,8H,5H2,1-2H3,(H,9,10)(H,11,12)/b4-3-. The number of carboxylic acid groups (broad SMARTS) is 1. The van der Waals surface area contributed by atoms with Gasteiger partial charge in [-0.05, 0) is 0 Å². The topological polar surface area (TPSA) is 84.9 Å². The number of carbonyl (C=O) groups excluding carboxylic acids is 1. The second-order valence-corrected chi connectivity index (χ2v) is 2.32. The van der Waals surface area contributed by atoms with Gasteiger partial charge in [-0.3, -0.25) is 4.79 Å². The third-order valence-electron chi connectivity index (χ3n) is 1.35. The lowest BCUT2D eigenvalue weighted by Crippen LogP contribution is -2.33. The third kappa shape index (κ3) is 6.15. The fourth-order valence-corrected chi connectivity index (χ4v) is 0.653. The molecule has 0 aromatic heterocycles. The molecule has 0 rings (SSSR count). The highest BCUT2D eigenvalue weighted by atomic mass is 16.7. The van der Waals surface area contributed by atoms with Crippen LogP contribution in [0.15, 0.2) is 12.2 Å². The number of ether oxygens (including phenoxy) is 2. The maximum Gasteiger partial charge on any atom is 0.328 e. The molecule has 0 fully saturated rings. The van der Waals surface area contributed by atoms with Gasteiger partial charge in [-0.1, -0.05) is 0 Å². The van der Waals surface area contributed by atoms with Crippen molar-refractivity contribution in [1.82, 2.24) is 5.32 Å². The van der Waals surface area contributed by atoms with E-state index in [4.69, 9.17) is 14.6 Å². The SMILES string of the molecule is COC(CNC(=O)/C=C\C(=O)O)OC. The minimum Gasteiger partial charge on any atom is -0.478 e. The fourth-order valence-electron chi connectivity index (χ4n) is 0.653. The van der Waals surface area contributed by atoms with Crippen molar-refractivity contribution in [3.8, 4) is 0 Å². The van der Waals surface area contributed by atoms with Crippen molar-refractivity contribution in [3.05, 3.63) is 12.2 Å². The monoisotopic (exact) mass is 203 g/mol. The smallest absolute Gasteiger partial charge is 0.328 e. The average Bonchev–Trinajstić information content (AvgIpc) is 2.16. The minimum atomic E-state index is -1.17. The van der Waals surface area contributed by atoms with Crippen LogP contribution in [0.2, 0.25) is 0 Å². The maximum atomic E-state index is 10.9. The Kier molecular flexibility index (Phi) is 6.34. The van der Waals surface area contributed by atoms with Gasteiger partial charge in [0, 0.05) is 26.4 Å². The molecule has 0 saturated heterocycles. The summed E-state index contributed by atoms with van der Waals surface area (Å²) in [6.45, 7) is 0.162. The summed E-state index contributed by atoms with van der Waals surface area (Å²) in [4.78, 5) is 20.9. The number of carbonyl (C=O) groups is 2. The van der Waals surface area contributed by atoms with Crippen molar-refractivity contribution in [2.24, 2.45) is 0 Å². The molecule has 2 N–H and O–H groups in total. The van der Waals surface area contributed by atoms with Crippen molar-refractivity contribution >= 4 is 11.9 Å². The molecular formula is C8H13NO5. The van der Waals surface area contributed by atoms with Gasteiger partial charge < -0.3 is 19.9 Å². The molecule has 0 radical (unpaired) electrons.